The Morgan fingerprint density at radius 3 is 2.76 bits per heavy atom. The number of carbonyl (C=O) groups excluding carboxylic acids is 1. The summed E-state index contributed by atoms with van der Waals surface area (Å²) in [6.07, 6.45) is 4.06. The van der Waals surface area contributed by atoms with Crippen molar-refractivity contribution < 1.29 is 4.79 Å². The van der Waals surface area contributed by atoms with Crippen molar-refractivity contribution in [2.45, 2.75) is 58.5 Å². The van der Waals surface area contributed by atoms with E-state index in [1.54, 1.807) is 0 Å². The first-order valence-electron chi connectivity index (χ1n) is 8.21. The highest BCUT2D eigenvalue weighted by Gasteiger charge is 2.42. The van der Waals surface area contributed by atoms with Crippen LogP contribution in [-0.4, -0.2) is 29.4 Å². The van der Waals surface area contributed by atoms with Crippen LogP contribution in [0, 0.1) is 6.92 Å². The Labute approximate surface area is 128 Å². The number of nitrogens with one attached hydrogen (secondary N) is 1. The van der Waals surface area contributed by atoms with Gasteiger partial charge in [-0.05, 0) is 45.2 Å². The van der Waals surface area contributed by atoms with E-state index in [0.29, 0.717) is 6.54 Å². The Balaban J connectivity index is 2.14. The lowest BCUT2D eigenvalue weighted by molar-refractivity contribution is -0.138. The van der Waals surface area contributed by atoms with Crippen molar-refractivity contribution in [2.75, 3.05) is 13.1 Å². The molecule has 1 heterocycles. The minimum Gasteiger partial charge on any atom is -0.337 e. The van der Waals surface area contributed by atoms with Gasteiger partial charge in [0.15, 0.2) is 0 Å². The third kappa shape index (κ3) is 3.65. The van der Waals surface area contributed by atoms with Gasteiger partial charge in [0.25, 0.3) is 0 Å². The van der Waals surface area contributed by atoms with E-state index in [4.69, 9.17) is 0 Å². The number of amides is 1. The first-order valence-corrected chi connectivity index (χ1v) is 8.21. The first kappa shape index (κ1) is 16.0. The molecule has 116 valence electrons. The fourth-order valence-electron chi connectivity index (χ4n) is 3.40. The zero-order valence-electron chi connectivity index (χ0n) is 13.6. The maximum Gasteiger partial charge on any atom is 0.243 e. The van der Waals surface area contributed by atoms with Crippen LogP contribution in [0.1, 0.15) is 50.7 Å². The molecule has 3 heteroatoms. The van der Waals surface area contributed by atoms with Crippen LogP contribution in [0.2, 0.25) is 0 Å². The van der Waals surface area contributed by atoms with E-state index in [1.807, 2.05) is 4.90 Å². The molecule has 0 aromatic heterocycles. The molecule has 1 aliphatic rings. The summed E-state index contributed by atoms with van der Waals surface area (Å²) in [6, 6.07) is 8.44. The molecule has 1 fully saturated rings. The average Bonchev–Trinajstić information content (AvgIpc) is 2.94. The van der Waals surface area contributed by atoms with Gasteiger partial charge in [-0.1, -0.05) is 43.2 Å². The molecule has 1 aromatic rings. The van der Waals surface area contributed by atoms with Crippen molar-refractivity contribution >= 4 is 5.91 Å². The van der Waals surface area contributed by atoms with E-state index >= 15 is 0 Å². The number of rotatable bonds is 6. The van der Waals surface area contributed by atoms with Crippen LogP contribution in [0.4, 0.5) is 0 Å². The first-order chi connectivity index (χ1) is 10.1. The quantitative estimate of drug-likeness (QED) is 0.871. The lowest BCUT2D eigenvalue weighted by Crippen LogP contribution is -2.54. The van der Waals surface area contributed by atoms with Gasteiger partial charge in [-0.3, -0.25) is 4.79 Å². The second-order valence-electron chi connectivity index (χ2n) is 6.17. The van der Waals surface area contributed by atoms with Crippen LogP contribution in [0.3, 0.4) is 0 Å². The van der Waals surface area contributed by atoms with Gasteiger partial charge in [0, 0.05) is 13.1 Å². The summed E-state index contributed by atoms with van der Waals surface area (Å²) in [5.74, 6) is 0.283. The molecule has 1 amide bonds. The molecule has 1 N–H and O–H groups in total. The highest BCUT2D eigenvalue weighted by Crippen LogP contribution is 2.27. The highest BCUT2D eigenvalue weighted by molar-refractivity contribution is 5.86. The van der Waals surface area contributed by atoms with Crippen molar-refractivity contribution in [1.82, 2.24) is 10.2 Å². The summed E-state index contributed by atoms with van der Waals surface area (Å²) in [4.78, 5) is 15.0. The smallest absolute Gasteiger partial charge is 0.243 e. The van der Waals surface area contributed by atoms with E-state index in [2.05, 4.69) is 50.4 Å². The summed E-state index contributed by atoms with van der Waals surface area (Å²) < 4.78 is 0. The van der Waals surface area contributed by atoms with Crippen molar-refractivity contribution in [2.24, 2.45) is 0 Å². The fourth-order valence-corrected chi connectivity index (χ4v) is 3.40. The molecular weight excluding hydrogens is 260 g/mol. The van der Waals surface area contributed by atoms with Gasteiger partial charge in [-0.15, -0.1) is 0 Å². The third-order valence-corrected chi connectivity index (χ3v) is 4.45. The van der Waals surface area contributed by atoms with Crippen molar-refractivity contribution in [1.29, 1.82) is 0 Å². The highest BCUT2D eigenvalue weighted by atomic mass is 16.2. The number of benzene rings is 1. The molecule has 0 radical (unpaired) electrons. The van der Waals surface area contributed by atoms with Crippen molar-refractivity contribution in [3.05, 3.63) is 35.4 Å². The van der Waals surface area contributed by atoms with Crippen LogP contribution in [-0.2, 0) is 11.3 Å². The molecule has 3 nitrogen and oxygen atoms in total. The van der Waals surface area contributed by atoms with E-state index in [1.165, 1.54) is 11.1 Å². The SMILES string of the molecule is CCCC1(C(=O)N(CC)Cc2cccc(C)c2)CCCN1. The van der Waals surface area contributed by atoms with Crippen LogP contribution < -0.4 is 5.32 Å². The Hall–Kier alpha value is -1.35. The molecule has 1 atom stereocenters. The minimum atomic E-state index is -0.311. The molecule has 21 heavy (non-hydrogen) atoms. The van der Waals surface area contributed by atoms with Gasteiger partial charge in [0.2, 0.25) is 5.91 Å². The molecule has 0 bridgehead atoms. The van der Waals surface area contributed by atoms with Gasteiger partial charge in [0.1, 0.15) is 0 Å². The number of nitrogens with zero attached hydrogens (tertiary/aromatic N) is 1. The molecule has 1 aromatic carbocycles. The molecule has 0 spiro atoms. The summed E-state index contributed by atoms with van der Waals surface area (Å²) in [5, 5.41) is 3.49. The Morgan fingerprint density at radius 2 is 2.19 bits per heavy atom. The Kier molecular flexibility index (Phi) is 5.40. The third-order valence-electron chi connectivity index (χ3n) is 4.45. The molecule has 1 saturated heterocycles. The fraction of sp³-hybridized carbons (Fsp3) is 0.611. The van der Waals surface area contributed by atoms with Gasteiger partial charge in [-0.25, -0.2) is 0 Å². The number of aryl methyl sites for hydroxylation is 1. The summed E-state index contributed by atoms with van der Waals surface area (Å²) in [5.41, 5.74) is 2.15. The Bertz CT molecular complexity index is 478. The molecule has 1 aliphatic heterocycles. The number of likely N-dealkylation sites (N-methyl/N-ethyl adjacent to an activating group) is 1. The Morgan fingerprint density at radius 1 is 1.38 bits per heavy atom. The van der Waals surface area contributed by atoms with E-state index < -0.39 is 0 Å². The monoisotopic (exact) mass is 288 g/mol. The maximum absolute atomic E-state index is 13.0. The zero-order valence-corrected chi connectivity index (χ0v) is 13.6. The molecule has 0 aliphatic carbocycles. The lowest BCUT2D eigenvalue weighted by atomic mass is 9.90. The van der Waals surface area contributed by atoms with Crippen LogP contribution >= 0.6 is 0 Å². The van der Waals surface area contributed by atoms with E-state index in [-0.39, 0.29) is 11.4 Å². The summed E-state index contributed by atoms with van der Waals surface area (Å²) in [6.45, 7) is 8.77. The van der Waals surface area contributed by atoms with Gasteiger partial charge >= 0.3 is 0 Å². The van der Waals surface area contributed by atoms with Crippen molar-refractivity contribution in [3.63, 3.8) is 0 Å². The predicted octanol–water partition coefficient (Wildman–Crippen LogP) is 3.27. The van der Waals surface area contributed by atoms with Gasteiger partial charge in [0.05, 0.1) is 5.54 Å². The van der Waals surface area contributed by atoms with E-state index in [9.17, 15) is 4.79 Å². The summed E-state index contributed by atoms with van der Waals surface area (Å²) >= 11 is 0. The zero-order chi connectivity index (χ0) is 15.3. The molecular formula is C18H28N2O. The largest absolute Gasteiger partial charge is 0.337 e. The standard InChI is InChI=1S/C18H28N2O/c1-4-10-18(11-7-12-19-18)17(21)20(5-2)14-16-9-6-8-15(3)13-16/h6,8-9,13,19H,4-5,7,10-12,14H2,1-3H3. The molecule has 0 saturated carbocycles. The van der Waals surface area contributed by atoms with Crippen LogP contribution in [0.25, 0.3) is 0 Å². The number of carbonyl (C=O) groups is 1. The maximum atomic E-state index is 13.0. The van der Waals surface area contributed by atoms with Crippen LogP contribution in [0.5, 0.6) is 0 Å². The predicted molar refractivity (Wildman–Crippen MR) is 87.1 cm³/mol. The second-order valence-corrected chi connectivity index (χ2v) is 6.17. The minimum absolute atomic E-state index is 0.283. The van der Waals surface area contributed by atoms with Gasteiger partial charge in [-0.2, -0.15) is 0 Å². The average molecular weight is 288 g/mol. The second kappa shape index (κ2) is 7.08. The number of hydrogen-bond acceptors (Lipinski definition) is 2. The topological polar surface area (TPSA) is 32.3 Å². The molecule has 2 rings (SSSR count). The lowest BCUT2D eigenvalue weighted by Gasteiger charge is -2.34. The van der Waals surface area contributed by atoms with E-state index in [0.717, 1.165) is 38.8 Å². The van der Waals surface area contributed by atoms with Crippen LogP contribution in [0.15, 0.2) is 24.3 Å². The number of hydrogen-bond donors (Lipinski definition) is 1. The van der Waals surface area contributed by atoms with Gasteiger partial charge < -0.3 is 10.2 Å². The normalized spacial score (nSPS) is 21.5. The summed E-state index contributed by atoms with van der Waals surface area (Å²) in [7, 11) is 0. The molecule has 1 unspecified atom stereocenters. The van der Waals surface area contributed by atoms with Crippen molar-refractivity contribution in [3.8, 4) is 0 Å².